The van der Waals surface area contributed by atoms with Crippen LogP contribution in [0.15, 0.2) is 59.8 Å². The molecule has 26 heavy (non-hydrogen) atoms. The van der Waals surface area contributed by atoms with Gasteiger partial charge >= 0.3 is 0 Å². The molecule has 2 aromatic carbocycles. The van der Waals surface area contributed by atoms with Gasteiger partial charge in [0.2, 0.25) is 0 Å². The van der Waals surface area contributed by atoms with Crippen LogP contribution in [0, 0.1) is 0 Å². The van der Waals surface area contributed by atoms with Crippen LogP contribution in [0.4, 0.5) is 10.6 Å². The minimum absolute atomic E-state index is 0.351. The highest BCUT2D eigenvalue weighted by atomic mass is 32.2. The maximum atomic E-state index is 11.7. The van der Waals surface area contributed by atoms with Gasteiger partial charge in [-0.05, 0) is 41.1 Å². The Hall–Kier alpha value is -3.19. The van der Waals surface area contributed by atoms with E-state index in [9.17, 15) is 9.59 Å². The molecule has 3 aromatic rings. The summed E-state index contributed by atoms with van der Waals surface area (Å²) in [5.41, 5.74) is 2.76. The molecule has 4 rings (SSSR count). The Balaban J connectivity index is 1.65. The number of hydrogen-bond donors (Lipinski definition) is 2. The average molecular weight is 362 g/mol. The second-order valence-electron chi connectivity index (χ2n) is 5.69. The Morgan fingerprint density at radius 3 is 2.69 bits per heavy atom. The first-order chi connectivity index (χ1) is 12.7. The van der Waals surface area contributed by atoms with E-state index in [2.05, 4.69) is 20.6 Å². The summed E-state index contributed by atoms with van der Waals surface area (Å²) < 4.78 is 0. The first kappa shape index (κ1) is 16.3. The fourth-order valence-corrected chi connectivity index (χ4v) is 3.34. The molecule has 2 amide bonds. The van der Waals surface area contributed by atoms with Crippen molar-refractivity contribution in [1.29, 1.82) is 0 Å². The van der Waals surface area contributed by atoms with E-state index >= 15 is 0 Å². The van der Waals surface area contributed by atoms with Crippen LogP contribution < -0.4 is 10.6 Å². The van der Waals surface area contributed by atoms with Crippen LogP contribution in [0.5, 0.6) is 0 Å². The van der Waals surface area contributed by atoms with E-state index in [-0.39, 0.29) is 11.1 Å². The molecule has 2 heterocycles. The molecule has 1 fully saturated rings. The molecule has 1 saturated heterocycles. The van der Waals surface area contributed by atoms with Crippen molar-refractivity contribution < 1.29 is 9.59 Å². The number of benzene rings is 2. The molecule has 2 N–H and O–H groups in total. The van der Waals surface area contributed by atoms with Gasteiger partial charge in [-0.15, -0.1) is 0 Å². The molecule has 7 heteroatoms. The molecule has 1 aliphatic heterocycles. The second-order valence-corrected chi connectivity index (χ2v) is 6.70. The van der Waals surface area contributed by atoms with E-state index in [1.54, 1.807) is 6.08 Å². The fourth-order valence-electron chi connectivity index (χ4n) is 2.66. The van der Waals surface area contributed by atoms with Crippen LogP contribution in [0.1, 0.15) is 11.1 Å². The zero-order chi connectivity index (χ0) is 17.9. The minimum atomic E-state index is -0.369. The average Bonchev–Trinajstić information content (AvgIpc) is 2.98. The van der Waals surface area contributed by atoms with Crippen molar-refractivity contribution in [2.24, 2.45) is 0 Å². The number of carbonyl (C=O) groups excluding carboxylic acids is 2. The van der Waals surface area contributed by atoms with Gasteiger partial charge in [0.05, 0.1) is 10.4 Å². The summed E-state index contributed by atoms with van der Waals surface area (Å²) in [5, 5.41) is 6.09. The summed E-state index contributed by atoms with van der Waals surface area (Å²) in [4.78, 5) is 32.0. The highest BCUT2D eigenvalue weighted by molar-refractivity contribution is 8.18. The zero-order valence-electron chi connectivity index (χ0n) is 13.6. The fraction of sp³-hybridized carbons (Fsp3) is 0.0526. The number of aromatic nitrogens is 2. The summed E-state index contributed by atoms with van der Waals surface area (Å²) in [6.45, 7) is 0.644. The monoisotopic (exact) mass is 362 g/mol. The summed E-state index contributed by atoms with van der Waals surface area (Å²) in [5.74, 6) is 0.352. The first-order valence-electron chi connectivity index (χ1n) is 7.96. The molecule has 6 nitrogen and oxygen atoms in total. The Kier molecular flexibility index (Phi) is 4.37. The van der Waals surface area contributed by atoms with Crippen molar-refractivity contribution in [3.63, 3.8) is 0 Å². The summed E-state index contributed by atoms with van der Waals surface area (Å²) in [6.07, 6.45) is 3.21. The summed E-state index contributed by atoms with van der Waals surface area (Å²) in [6, 6.07) is 15.7. The minimum Gasteiger partial charge on any atom is -0.365 e. The van der Waals surface area contributed by atoms with Gasteiger partial charge in [0.15, 0.2) is 0 Å². The predicted molar refractivity (Wildman–Crippen MR) is 102 cm³/mol. The van der Waals surface area contributed by atoms with Crippen molar-refractivity contribution in [3.05, 3.63) is 70.9 Å². The highest BCUT2D eigenvalue weighted by Gasteiger charge is 2.24. The molecule has 0 spiro atoms. The number of rotatable bonds is 4. The Morgan fingerprint density at radius 1 is 1.08 bits per heavy atom. The maximum Gasteiger partial charge on any atom is 0.290 e. The van der Waals surface area contributed by atoms with Gasteiger partial charge in [-0.1, -0.05) is 36.4 Å². The van der Waals surface area contributed by atoms with E-state index in [1.165, 1.54) is 6.33 Å². The molecule has 1 aliphatic rings. The van der Waals surface area contributed by atoms with Gasteiger partial charge in [-0.3, -0.25) is 14.9 Å². The zero-order valence-corrected chi connectivity index (χ0v) is 14.4. The Labute approximate surface area is 153 Å². The number of thioether (sulfide) groups is 1. The lowest BCUT2D eigenvalue weighted by molar-refractivity contribution is -0.115. The quantitative estimate of drug-likeness (QED) is 0.691. The number of carbonyl (C=O) groups is 2. The van der Waals surface area contributed by atoms with Crippen molar-refractivity contribution >= 4 is 45.7 Å². The number of nitrogens with zero attached hydrogens (tertiary/aromatic N) is 2. The van der Waals surface area contributed by atoms with Gasteiger partial charge in [0, 0.05) is 11.9 Å². The van der Waals surface area contributed by atoms with Crippen molar-refractivity contribution in [2.75, 3.05) is 5.32 Å². The van der Waals surface area contributed by atoms with Gasteiger partial charge in [-0.25, -0.2) is 9.97 Å². The first-order valence-corrected chi connectivity index (χ1v) is 8.78. The molecular weight excluding hydrogens is 348 g/mol. The molecule has 0 bridgehead atoms. The largest absolute Gasteiger partial charge is 0.365 e. The van der Waals surface area contributed by atoms with Crippen molar-refractivity contribution in [3.8, 4) is 0 Å². The molecule has 0 unspecified atom stereocenters. The highest BCUT2D eigenvalue weighted by Crippen LogP contribution is 2.27. The van der Waals surface area contributed by atoms with Crippen molar-refractivity contribution in [1.82, 2.24) is 15.3 Å². The normalized spacial score (nSPS) is 15.5. The van der Waals surface area contributed by atoms with Crippen LogP contribution in [-0.2, 0) is 11.3 Å². The number of amides is 2. The van der Waals surface area contributed by atoms with E-state index in [0.29, 0.717) is 11.4 Å². The van der Waals surface area contributed by atoms with Crippen LogP contribution in [-0.4, -0.2) is 21.1 Å². The third kappa shape index (κ3) is 3.43. The number of imide groups is 1. The van der Waals surface area contributed by atoms with Gasteiger partial charge < -0.3 is 5.32 Å². The SMILES string of the molecule is O=C1NC(=O)/C(=C/c2ccc3ncnc(NCc4ccccc4)c3c2)S1. The lowest BCUT2D eigenvalue weighted by Crippen LogP contribution is -2.17. The molecule has 128 valence electrons. The van der Waals surface area contributed by atoms with E-state index in [0.717, 1.165) is 39.6 Å². The third-order valence-corrected chi connectivity index (χ3v) is 4.71. The standard InChI is InChI=1S/C19H14N4O2S/c24-18-16(26-19(25)23-18)9-13-6-7-15-14(8-13)17(22-11-21-15)20-10-12-4-2-1-3-5-12/h1-9,11H,10H2,(H,20,21,22)(H,23,24,25)/b16-9-. The number of nitrogens with one attached hydrogen (secondary N) is 2. The number of anilines is 1. The maximum absolute atomic E-state index is 11.7. The topological polar surface area (TPSA) is 84.0 Å². The van der Waals surface area contributed by atoms with Gasteiger partial charge in [0.1, 0.15) is 12.1 Å². The summed E-state index contributed by atoms with van der Waals surface area (Å²) in [7, 11) is 0. The van der Waals surface area contributed by atoms with Crippen LogP contribution in [0.25, 0.3) is 17.0 Å². The molecule has 0 radical (unpaired) electrons. The molecule has 1 aromatic heterocycles. The molecule has 0 aliphatic carbocycles. The van der Waals surface area contributed by atoms with Crippen LogP contribution >= 0.6 is 11.8 Å². The van der Waals surface area contributed by atoms with Gasteiger partial charge in [0.25, 0.3) is 11.1 Å². The van der Waals surface area contributed by atoms with Crippen molar-refractivity contribution in [2.45, 2.75) is 6.54 Å². The lowest BCUT2D eigenvalue weighted by atomic mass is 10.1. The number of hydrogen-bond acceptors (Lipinski definition) is 6. The Morgan fingerprint density at radius 2 is 1.92 bits per heavy atom. The number of fused-ring (bicyclic) bond motifs is 1. The molecule has 0 saturated carbocycles. The van der Waals surface area contributed by atoms with E-state index in [4.69, 9.17) is 0 Å². The van der Waals surface area contributed by atoms with E-state index < -0.39 is 0 Å². The predicted octanol–water partition coefficient (Wildman–Crippen LogP) is 3.57. The van der Waals surface area contributed by atoms with E-state index in [1.807, 2.05) is 48.5 Å². The molecule has 0 atom stereocenters. The lowest BCUT2D eigenvalue weighted by Gasteiger charge is -2.09. The Bertz CT molecular complexity index is 1030. The van der Waals surface area contributed by atoms with Crippen LogP contribution in [0.2, 0.25) is 0 Å². The van der Waals surface area contributed by atoms with Gasteiger partial charge in [-0.2, -0.15) is 0 Å². The third-order valence-electron chi connectivity index (χ3n) is 3.90. The molecular formula is C19H14N4O2S. The van der Waals surface area contributed by atoms with Crippen LogP contribution in [0.3, 0.4) is 0 Å². The summed E-state index contributed by atoms with van der Waals surface area (Å²) >= 11 is 0.900. The second kappa shape index (κ2) is 6.97. The smallest absolute Gasteiger partial charge is 0.290 e.